The predicted molar refractivity (Wildman–Crippen MR) is 86.9 cm³/mol. The van der Waals surface area contributed by atoms with E-state index in [1.807, 2.05) is 20.8 Å². The molecule has 2 heterocycles. The van der Waals surface area contributed by atoms with E-state index in [1.54, 1.807) is 0 Å². The molecule has 5 heteroatoms. The highest BCUT2D eigenvalue weighted by molar-refractivity contribution is 5.68. The van der Waals surface area contributed by atoms with Gasteiger partial charge in [0.1, 0.15) is 5.60 Å². The average molecular weight is 309 g/mol. The number of hydrogen-bond acceptors (Lipinski definition) is 4. The quantitative estimate of drug-likeness (QED) is 0.817. The number of nitrogens with one attached hydrogen (secondary N) is 2. The van der Waals surface area contributed by atoms with Crippen molar-refractivity contribution in [3.05, 3.63) is 0 Å². The highest BCUT2D eigenvalue weighted by atomic mass is 16.6. The Labute approximate surface area is 134 Å². The molecule has 1 aliphatic carbocycles. The van der Waals surface area contributed by atoms with E-state index in [2.05, 4.69) is 15.5 Å². The summed E-state index contributed by atoms with van der Waals surface area (Å²) in [6.07, 6.45) is 6.08. The van der Waals surface area contributed by atoms with Crippen molar-refractivity contribution in [1.29, 1.82) is 0 Å². The monoisotopic (exact) mass is 309 g/mol. The lowest BCUT2D eigenvalue weighted by Crippen LogP contribution is -2.49. The zero-order valence-corrected chi connectivity index (χ0v) is 14.2. The molecule has 2 saturated heterocycles. The molecule has 0 aromatic carbocycles. The van der Waals surface area contributed by atoms with Crippen LogP contribution in [0.3, 0.4) is 0 Å². The van der Waals surface area contributed by atoms with E-state index in [-0.39, 0.29) is 12.1 Å². The Kier molecular flexibility index (Phi) is 4.64. The van der Waals surface area contributed by atoms with Crippen molar-refractivity contribution < 1.29 is 9.53 Å². The van der Waals surface area contributed by atoms with E-state index in [1.165, 1.54) is 45.2 Å². The molecule has 0 radical (unpaired) electrons. The molecule has 2 aliphatic heterocycles. The summed E-state index contributed by atoms with van der Waals surface area (Å²) >= 11 is 0. The van der Waals surface area contributed by atoms with Crippen molar-refractivity contribution in [1.82, 2.24) is 15.5 Å². The minimum atomic E-state index is -0.429. The first-order valence-corrected chi connectivity index (χ1v) is 8.89. The third-order valence-corrected chi connectivity index (χ3v) is 5.10. The van der Waals surface area contributed by atoms with Crippen LogP contribution in [-0.2, 0) is 4.74 Å². The molecule has 0 aromatic heterocycles. The van der Waals surface area contributed by atoms with Crippen molar-refractivity contribution >= 4 is 6.09 Å². The zero-order valence-electron chi connectivity index (χ0n) is 14.2. The predicted octanol–water partition coefficient (Wildman–Crippen LogP) is 2.12. The summed E-state index contributed by atoms with van der Waals surface area (Å²) in [5.41, 5.74) is -0.429. The molecule has 0 aromatic rings. The summed E-state index contributed by atoms with van der Waals surface area (Å²) in [6.45, 7) is 9.10. The molecule has 0 spiro atoms. The maximum atomic E-state index is 12.0. The molecular formula is C17H31N3O2. The second-order valence-corrected chi connectivity index (χ2v) is 8.14. The van der Waals surface area contributed by atoms with Gasteiger partial charge in [0, 0.05) is 31.2 Å². The second-order valence-electron chi connectivity index (χ2n) is 8.14. The molecule has 1 saturated carbocycles. The number of amides is 1. The maximum absolute atomic E-state index is 12.0. The van der Waals surface area contributed by atoms with Crippen LogP contribution in [0.25, 0.3) is 0 Å². The Hall–Kier alpha value is -0.810. The van der Waals surface area contributed by atoms with Gasteiger partial charge in [-0.1, -0.05) is 0 Å². The highest BCUT2D eigenvalue weighted by Gasteiger charge is 2.38. The van der Waals surface area contributed by atoms with Gasteiger partial charge < -0.3 is 15.4 Å². The smallest absolute Gasteiger partial charge is 0.407 e. The number of rotatable bonds is 5. The summed E-state index contributed by atoms with van der Waals surface area (Å²) in [5.74, 6) is 0.626. The van der Waals surface area contributed by atoms with Crippen molar-refractivity contribution in [2.75, 3.05) is 19.6 Å². The first-order chi connectivity index (χ1) is 10.4. The van der Waals surface area contributed by atoms with Crippen molar-refractivity contribution in [3.8, 4) is 0 Å². The van der Waals surface area contributed by atoms with Gasteiger partial charge in [-0.3, -0.25) is 4.90 Å². The Morgan fingerprint density at radius 2 is 2.00 bits per heavy atom. The van der Waals surface area contributed by atoms with E-state index in [4.69, 9.17) is 4.74 Å². The van der Waals surface area contributed by atoms with Crippen LogP contribution in [0, 0.1) is 5.92 Å². The fourth-order valence-electron chi connectivity index (χ4n) is 3.89. The normalized spacial score (nSPS) is 30.1. The Morgan fingerprint density at radius 3 is 2.68 bits per heavy atom. The molecule has 126 valence electrons. The summed E-state index contributed by atoms with van der Waals surface area (Å²) in [7, 11) is 0. The van der Waals surface area contributed by atoms with E-state index < -0.39 is 5.60 Å². The second kappa shape index (κ2) is 6.36. The van der Waals surface area contributed by atoms with Gasteiger partial charge in [-0.15, -0.1) is 0 Å². The minimum absolute atomic E-state index is 0.213. The summed E-state index contributed by atoms with van der Waals surface area (Å²) < 4.78 is 5.40. The number of fused-ring (bicyclic) bond motifs is 1. The van der Waals surface area contributed by atoms with Gasteiger partial charge >= 0.3 is 6.09 Å². The third-order valence-electron chi connectivity index (χ3n) is 5.10. The number of carbonyl (C=O) groups is 1. The van der Waals surface area contributed by atoms with Crippen LogP contribution in [0.15, 0.2) is 0 Å². The lowest BCUT2D eigenvalue weighted by atomic mass is 10.1. The molecular weight excluding hydrogens is 278 g/mol. The molecule has 1 amide bonds. The van der Waals surface area contributed by atoms with Crippen LogP contribution < -0.4 is 10.6 Å². The van der Waals surface area contributed by atoms with E-state index >= 15 is 0 Å². The molecule has 0 bridgehead atoms. The fourth-order valence-corrected chi connectivity index (χ4v) is 3.89. The van der Waals surface area contributed by atoms with Gasteiger partial charge in [0.15, 0.2) is 0 Å². The van der Waals surface area contributed by atoms with Crippen molar-refractivity contribution in [3.63, 3.8) is 0 Å². The summed E-state index contributed by atoms with van der Waals surface area (Å²) in [4.78, 5) is 14.6. The molecule has 3 unspecified atom stereocenters. The van der Waals surface area contributed by atoms with E-state index in [0.717, 1.165) is 12.6 Å². The van der Waals surface area contributed by atoms with E-state index in [0.29, 0.717) is 12.0 Å². The first kappa shape index (κ1) is 16.1. The molecule has 5 nitrogen and oxygen atoms in total. The Morgan fingerprint density at radius 1 is 1.23 bits per heavy atom. The number of alkyl carbamates (subject to hydrolysis) is 1. The molecule has 3 atom stereocenters. The van der Waals surface area contributed by atoms with Crippen LogP contribution in [0.5, 0.6) is 0 Å². The number of carbonyl (C=O) groups excluding carboxylic acids is 1. The molecule has 3 aliphatic rings. The van der Waals surface area contributed by atoms with Gasteiger partial charge in [-0.2, -0.15) is 0 Å². The summed E-state index contributed by atoms with van der Waals surface area (Å²) in [5, 5.41) is 6.81. The third kappa shape index (κ3) is 4.13. The van der Waals surface area contributed by atoms with Crippen molar-refractivity contribution in [2.45, 2.75) is 76.6 Å². The Bertz CT molecular complexity index is 403. The van der Waals surface area contributed by atoms with Gasteiger partial charge in [0.25, 0.3) is 0 Å². The number of ether oxygens (including phenoxy) is 1. The summed E-state index contributed by atoms with van der Waals surface area (Å²) in [6, 6.07) is 1.54. The maximum Gasteiger partial charge on any atom is 0.407 e. The molecule has 22 heavy (non-hydrogen) atoms. The van der Waals surface area contributed by atoms with Crippen LogP contribution >= 0.6 is 0 Å². The molecule has 3 rings (SSSR count). The van der Waals surface area contributed by atoms with E-state index in [9.17, 15) is 4.79 Å². The average Bonchev–Trinajstić information content (AvgIpc) is 3.01. The fraction of sp³-hybridized carbons (Fsp3) is 0.941. The number of hydrogen-bond donors (Lipinski definition) is 2. The topological polar surface area (TPSA) is 53.6 Å². The van der Waals surface area contributed by atoms with Crippen molar-refractivity contribution in [2.24, 2.45) is 5.92 Å². The highest BCUT2D eigenvalue weighted by Crippen LogP contribution is 2.33. The van der Waals surface area contributed by atoms with Crippen LogP contribution in [0.4, 0.5) is 4.79 Å². The number of nitrogens with zero attached hydrogens (tertiary/aromatic N) is 1. The van der Waals surface area contributed by atoms with Gasteiger partial charge in [0.2, 0.25) is 0 Å². The van der Waals surface area contributed by atoms with Crippen LogP contribution in [0.1, 0.15) is 52.9 Å². The standard InChI is InChI=1S/C17H31N3O2/c1-17(2,3)22-16(21)19-14(12-6-7-12)11-18-13-8-10-20-9-4-5-15(13)20/h12-15,18H,4-11H2,1-3H3,(H,19,21). The van der Waals surface area contributed by atoms with Gasteiger partial charge in [-0.05, 0) is 65.3 Å². The minimum Gasteiger partial charge on any atom is -0.444 e. The van der Waals surface area contributed by atoms with Gasteiger partial charge in [-0.25, -0.2) is 4.79 Å². The van der Waals surface area contributed by atoms with Crippen LogP contribution in [0.2, 0.25) is 0 Å². The SMILES string of the molecule is CC(C)(C)OC(=O)NC(CNC1CCN2CCCC12)C1CC1. The van der Waals surface area contributed by atoms with Crippen LogP contribution in [-0.4, -0.2) is 54.4 Å². The molecule has 3 fully saturated rings. The molecule has 2 N–H and O–H groups in total. The first-order valence-electron chi connectivity index (χ1n) is 8.89. The van der Waals surface area contributed by atoms with Gasteiger partial charge in [0.05, 0.1) is 0 Å². The lowest BCUT2D eigenvalue weighted by Gasteiger charge is -2.26. The Balaban J connectivity index is 1.47. The lowest BCUT2D eigenvalue weighted by molar-refractivity contribution is 0.0496. The largest absolute Gasteiger partial charge is 0.444 e. The zero-order chi connectivity index (χ0) is 15.7.